The van der Waals surface area contributed by atoms with Gasteiger partial charge in [-0.3, -0.25) is 0 Å². The van der Waals surface area contributed by atoms with Crippen LogP contribution in [-0.2, 0) is 19.7 Å². The maximum atomic E-state index is 14.0. The van der Waals surface area contributed by atoms with E-state index in [-0.39, 0.29) is 22.1 Å². The average molecular weight is 544 g/mol. The van der Waals surface area contributed by atoms with Gasteiger partial charge in [-0.15, -0.1) is 11.3 Å². The van der Waals surface area contributed by atoms with E-state index in [4.69, 9.17) is 0 Å². The Morgan fingerprint density at radius 1 is 0.424 bits per heavy atom. The van der Waals surface area contributed by atoms with E-state index in [1.807, 2.05) is 0 Å². The number of hydrogen-bond acceptors (Lipinski definition) is 5. The predicted octanol–water partition coefficient (Wildman–Crippen LogP) is 4.80. The summed E-state index contributed by atoms with van der Waals surface area (Å²) in [5.41, 5.74) is 0. The lowest BCUT2D eigenvalue weighted by molar-refractivity contribution is 0.357. The van der Waals surface area contributed by atoms with E-state index < -0.39 is 97.4 Å². The summed E-state index contributed by atoms with van der Waals surface area (Å²) >= 11 is 0.0845. The second kappa shape index (κ2) is 7.98. The fraction of sp³-hybridized carbons (Fsp3) is 0. The molecule has 4 nitrogen and oxygen atoms in total. The Hall–Kier alpha value is -2.66. The number of sulfone groups is 2. The Morgan fingerprint density at radius 2 is 0.636 bits per heavy atom. The van der Waals surface area contributed by atoms with E-state index in [1.165, 1.54) is 0 Å². The van der Waals surface area contributed by atoms with Gasteiger partial charge in [-0.1, -0.05) is 0 Å². The van der Waals surface area contributed by atoms with Gasteiger partial charge >= 0.3 is 0 Å². The Labute approximate surface area is 180 Å². The molecule has 0 N–H and O–H groups in total. The van der Waals surface area contributed by atoms with Crippen molar-refractivity contribution in [3.05, 3.63) is 68.9 Å². The summed E-state index contributed by atoms with van der Waals surface area (Å²) in [6, 6.07) is 0. The molecule has 1 heterocycles. The summed E-state index contributed by atoms with van der Waals surface area (Å²) in [6.07, 6.45) is 0. The summed E-state index contributed by atoms with van der Waals surface area (Å²) in [7, 11) is -11.9. The maximum absolute atomic E-state index is 14.0. The van der Waals surface area contributed by atoms with E-state index in [9.17, 15) is 60.7 Å². The van der Waals surface area contributed by atoms with Crippen molar-refractivity contribution in [1.82, 2.24) is 0 Å². The van der Waals surface area contributed by atoms with Gasteiger partial charge in [0.15, 0.2) is 46.5 Å². The zero-order valence-corrected chi connectivity index (χ0v) is 17.2. The van der Waals surface area contributed by atoms with Crippen LogP contribution in [0.4, 0.5) is 43.9 Å². The third-order valence-electron chi connectivity index (χ3n) is 4.05. The van der Waals surface area contributed by atoms with Crippen LogP contribution in [-0.4, -0.2) is 16.8 Å². The molecule has 0 atom stereocenters. The quantitative estimate of drug-likeness (QED) is 0.205. The summed E-state index contributed by atoms with van der Waals surface area (Å²) in [5, 5.41) is 0.540. The molecule has 0 aliphatic carbocycles. The van der Waals surface area contributed by atoms with Crippen LogP contribution in [0.1, 0.15) is 0 Å². The zero-order valence-electron chi connectivity index (χ0n) is 14.8. The second-order valence-corrected chi connectivity index (χ2v) is 10.4. The molecule has 3 rings (SSSR count). The molecule has 0 aliphatic heterocycles. The molecule has 0 saturated carbocycles. The first-order valence-corrected chi connectivity index (χ1v) is 11.6. The largest absolute Gasteiger partial charge is 0.218 e. The van der Waals surface area contributed by atoms with Crippen molar-refractivity contribution < 1.29 is 60.7 Å². The molecular formula is C16H2F10O4S3. The predicted molar refractivity (Wildman–Crippen MR) is 87.7 cm³/mol. The molecule has 0 spiro atoms. The molecule has 33 heavy (non-hydrogen) atoms. The fourth-order valence-electron chi connectivity index (χ4n) is 2.53. The van der Waals surface area contributed by atoms with Crippen molar-refractivity contribution in [3.8, 4) is 0 Å². The van der Waals surface area contributed by atoms with Crippen LogP contribution in [0.5, 0.6) is 0 Å². The highest BCUT2D eigenvalue weighted by atomic mass is 32.2. The van der Waals surface area contributed by atoms with E-state index in [0.717, 1.165) is 0 Å². The van der Waals surface area contributed by atoms with Crippen molar-refractivity contribution >= 4 is 31.0 Å². The van der Waals surface area contributed by atoms with Crippen molar-refractivity contribution in [1.29, 1.82) is 0 Å². The highest BCUT2D eigenvalue weighted by Crippen LogP contribution is 2.39. The molecule has 0 fully saturated rings. The lowest BCUT2D eigenvalue weighted by Gasteiger charge is -2.12. The van der Waals surface area contributed by atoms with Gasteiger partial charge in [0.1, 0.15) is 19.6 Å². The van der Waals surface area contributed by atoms with Crippen LogP contribution in [0.15, 0.2) is 30.3 Å². The minimum Gasteiger partial charge on any atom is -0.218 e. The van der Waals surface area contributed by atoms with Gasteiger partial charge in [0.25, 0.3) is 0 Å². The smallest absolute Gasteiger partial charge is 0.214 e. The normalized spacial score (nSPS) is 12.4. The lowest BCUT2D eigenvalue weighted by Crippen LogP contribution is -2.17. The van der Waals surface area contributed by atoms with Gasteiger partial charge in [0.05, 0.1) is 0 Å². The Bertz CT molecular complexity index is 1370. The molecule has 1 aromatic heterocycles. The summed E-state index contributed by atoms with van der Waals surface area (Å²) < 4.78 is 187. The molecule has 0 unspecified atom stereocenters. The van der Waals surface area contributed by atoms with Gasteiger partial charge in [0, 0.05) is 10.8 Å². The van der Waals surface area contributed by atoms with E-state index in [0.29, 0.717) is 0 Å². The Kier molecular flexibility index (Phi) is 6.04. The van der Waals surface area contributed by atoms with Gasteiger partial charge in [-0.2, -0.15) is 0 Å². The Balaban J connectivity index is 2.38. The highest BCUT2D eigenvalue weighted by Gasteiger charge is 2.41. The van der Waals surface area contributed by atoms with Crippen molar-refractivity contribution in [2.45, 2.75) is 19.6 Å². The number of hydrogen-bond donors (Lipinski definition) is 0. The Morgan fingerprint density at radius 3 is 0.879 bits per heavy atom. The van der Waals surface area contributed by atoms with E-state index >= 15 is 0 Å². The fourth-order valence-corrected chi connectivity index (χ4v) is 7.64. The maximum Gasteiger partial charge on any atom is 0.214 e. The number of benzene rings is 2. The first-order valence-electron chi connectivity index (χ1n) is 7.67. The van der Waals surface area contributed by atoms with Crippen LogP contribution in [0.25, 0.3) is 0 Å². The zero-order chi connectivity index (χ0) is 25.2. The molecule has 2 aromatic carbocycles. The molecular weight excluding hydrogens is 542 g/mol. The van der Waals surface area contributed by atoms with Gasteiger partial charge < -0.3 is 0 Å². The van der Waals surface area contributed by atoms with E-state index in [1.54, 1.807) is 0 Å². The second-order valence-electron chi connectivity index (χ2n) is 5.91. The molecule has 0 bridgehead atoms. The number of thiophene rings is 1. The molecule has 0 aliphatic rings. The van der Waals surface area contributed by atoms with Crippen molar-refractivity contribution in [2.75, 3.05) is 0 Å². The standard InChI is InChI=1S/C16H2F10O4S3/c17-5-7(19)11(23)15(12(24)8(5)20)32(27,28)3-1-31-2-4(3)33(29,30)16-13(25)9(21)6(18)10(22)14(16)26/h1-2H. The minimum atomic E-state index is -5.97. The van der Waals surface area contributed by atoms with Crippen LogP contribution >= 0.6 is 11.3 Å². The van der Waals surface area contributed by atoms with Crippen LogP contribution in [0, 0.1) is 58.2 Å². The van der Waals surface area contributed by atoms with Crippen LogP contribution in [0.3, 0.4) is 0 Å². The molecule has 0 radical (unpaired) electrons. The van der Waals surface area contributed by atoms with Gasteiger partial charge in [-0.05, 0) is 0 Å². The average Bonchev–Trinajstić information content (AvgIpc) is 3.25. The van der Waals surface area contributed by atoms with Crippen molar-refractivity contribution in [2.24, 2.45) is 0 Å². The SMILES string of the molecule is O=S(=O)(c1cscc1S(=O)(=O)c1c(F)c(F)c(F)c(F)c1F)c1c(F)c(F)c(F)c(F)c1F. The molecule has 17 heteroatoms. The number of halogens is 10. The monoisotopic (exact) mass is 544 g/mol. The third kappa shape index (κ3) is 3.48. The molecule has 0 amide bonds. The number of rotatable bonds is 4. The highest BCUT2D eigenvalue weighted by molar-refractivity contribution is 7.94. The van der Waals surface area contributed by atoms with Gasteiger partial charge in [-0.25, -0.2) is 60.7 Å². The first-order chi connectivity index (χ1) is 15.1. The summed E-state index contributed by atoms with van der Waals surface area (Å²) in [5.74, 6) is -27.9. The van der Waals surface area contributed by atoms with Crippen LogP contribution < -0.4 is 0 Å². The minimum absolute atomic E-state index is 0.0845. The lowest BCUT2D eigenvalue weighted by atomic mass is 10.3. The third-order valence-corrected chi connectivity index (χ3v) is 8.85. The van der Waals surface area contributed by atoms with Crippen molar-refractivity contribution in [3.63, 3.8) is 0 Å². The molecule has 0 saturated heterocycles. The topological polar surface area (TPSA) is 68.3 Å². The molecule has 3 aromatic rings. The van der Waals surface area contributed by atoms with E-state index in [2.05, 4.69) is 0 Å². The summed E-state index contributed by atoms with van der Waals surface area (Å²) in [6.45, 7) is 0. The van der Waals surface area contributed by atoms with Gasteiger partial charge in [0.2, 0.25) is 31.3 Å². The first kappa shape index (κ1) is 25.0. The van der Waals surface area contributed by atoms with Crippen LogP contribution in [0.2, 0.25) is 0 Å². The molecule has 178 valence electrons. The summed E-state index contributed by atoms with van der Waals surface area (Å²) in [4.78, 5) is -8.52.